The van der Waals surface area contributed by atoms with E-state index >= 15 is 0 Å². The number of benzene rings is 1. The van der Waals surface area contributed by atoms with E-state index in [1.807, 2.05) is 25.2 Å². The molecule has 2 heterocycles. The van der Waals surface area contributed by atoms with Gasteiger partial charge in [0.05, 0.1) is 22.5 Å². The third kappa shape index (κ3) is 3.29. The number of rotatable bonds is 2. The van der Waals surface area contributed by atoms with Crippen LogP contribution in [0.25, 0.3) is 21.3 Å². The lowest BCUT2D eigenvalue weighted by Crippen LogP contribution is -2.25. The monoisotopic (exact) mass is 355 g/mol. The van der Waals surface area contributed by atoms with Gasteiger partial charge in [0, 0.05) is 18.6 Å². The van der Waals surface area contributed by atoms with Crippen molar-refractivity contribution in [1.82, 2.24) is 14.5 Å². The average molecular weight is 355 g/mol. The van der Waals surface area contributed by atoms with E-state index in [1.165, 1.54) is 6.33 Å². The second-order valence-electron chi connectivity index (χ2n) is 6.58. The van der Waals surface area contributed by atoms with E-state index in [0.29, 0.717) is 5.82 Å². The number of aliphatic hydroxyl groups is 1. The minimum Gasteiger partial charge on any atom is -0.393 e. The molecule has 2 atom stereocenters. The smallest absolute Gasteiger partial charge is 0.185 e. The van der Waals surface area contributed by atoms with Crippen LogP contribution in [0.5, 0.6) is 0 Å². The predicted molar refractivity (Wildman–Crippen MR) is 100 cm³/mol. The number of aromatic nitrogens is 3. The Morgan fingerprint density at radius 3 is 3.04 bits per heavy atom. The Labute approximate surface area is 149 Å². The average Bonchev–Trinajstić information content (AvgIpc) is 2.96. The van der Waals surface area contributed by atoms with Crippen LogP contribution in [0.15, 0.2) is 35.7 Å². The maximum atomic E-state index is 9.85. The molecule has 25 heavy (non-hydrogen) atoms. The zero-order valence-electron chi connectivity index (χ0n) is 14.1. The summed E-state index contributed by atoms with van der Waals surface area (Å²) < 4.78 is 2.06. The molecular weight excluding hydrogens is 334 g/mol. The summed E-state index contributed by atoms with van der Waals surface area (Å²) in [5, 5.41) is 10.7. The van der Waals surface area contributed by atoms with Crippen LogP contribution in [0.2, 0.25) is 0 Å². The van der Waals surface area contributed by atoms with Gasteiger partial charge in [-0.15, -0.1) is 0 Å². The van der Waals surface area contributed by atoms with Crippen LogP contribution >= 0.6 is 11.3 Å². The molecule has 0 radical (unpaired) electrons. The highest BCUT2D eigenvalue weighted by atomic mass is 32.1. The Morgan fingerprint density at radius 1 is 1.32 bits per heavy atom. The number of fused-ring (bicyclic) bond motifs is 1. The summed E-state index contributed by atoms with van der Waals surface area (Å²) in [5.41, 5.74) is 7.84. The van der Waals surface area contributed by atoms with Gasteiger partial charge in [-0.1, -0.05) is 17.4 Å². The summed E-state index contributed by atoms with van der Waals surface area (Å²) in [6.45, 7) is 0. The van der Waals surface area contributed by atoms with Gasteiger partial charge in [0.2, 0.25) is 0 Å². The van der Waals surface area contributed by atoms with Crippen LogP contribution in [-0.2, 0) is 7.05 Å². The molecule has 1 aliphatic carbocycles. The van der Waals surface area contributed by atoms with Gasteiger partial charge in [-0.05, 0) is 43.4 Å². The molecular formula is C18H21N5OS. The van der Waals surface area contributed by atoms with Crippen molar-refractivity contribution in [3.8, 4) is 10.4 Å². The van der Waals surface area contributed by atoms with Crippen molar-refractivity contribution in [3.63, 3.8) is 0 Å². The molecule has 0 bridgehead atoms. The Hall–Kier alpha value is -2.25. The lowest BCUT2D eigenvalue weighted by atomic mass is 9.94. The maximum absolute atomic E-state index is 9.85. The number of anilines is 1. The minimum atomic E-state index is -0.210. The molecule has 1 aliphatic rings. The predicted octanol–water partition coefficient (Wildman–Crippen LogP) is 2.48. The summed E-state index contributed by atoms with van der Waals surface area (Å²) in [6, 6.07) is 6.26. The highest BCUT2D eigenvalue weighted by molar-refractivity contribution is 7.12. The van der Waals surface area contributed by atoms with Crippen LogP contribution < -0.4 is 10.5 Å². The molecule has 1 aromatic carbocycles. The summed E-state index contributed by atoms with van der Waals surface area (Å²) in [4.78, 5) is 15.3. The van der Waals surface area contributed by atoms with Gasteiger partial charge in [-0.25, -0.2) is 9.97 Å². The summed E-state index contributed by atoms with van der Waals surface area (Å²) in [6.07, 6.45) is 7.13. The molecule has 0 amide bonds. The minimum absolute atomic E-state index is 0.210. The van der Waals surface area contributed by atoms with Crippen LogP contribution in [0.1, 0.15) is 25.7 Å². The fourth-order valence-corrected chi connectivity index (χ4v) is 4.37. The zero-order chi connectivity index (χ0) is 17.4. The highest BCUT2D eigenvalue weighted by Crippen LogP contribution is 2.27. The van der Waals surface area contributed by atoms with Gasteiger partial charge in [0.1, 0.15) is 12.1 Å². The molecule has 6 nitrogen and oxygen atoms in total. The Balaban J connectivity index is 1.70. The van der Waals surface area contributed by atoms with Crippen LogP contribution in [-0.4, -0.2) is 31.8 Å². The lowest BCUT2D eigenvalue weighted by molar-refractivity contribution is 0.120. The summed E-state index contributed by atoms with van der Waals surface area (Å²) in [7, 11) is 2.01. The second-order valence-corrected chi connectivity index (χ2v) is 7.59. The van der Waals surface area contributed by atoms with Crippen molar-refractivity contribution in [2.24, 2.45) is 12.0 Å². The van der Waals surface area contributed by atoms with Gasteiger partial charge in [-0.3, -0.25) is 4.99 Å². The first-order chi connectivity index (χ1) is 12.1. The topological polar surface area (TPSA) is 89.3 Å². The third-order valence-corrected chi connectivity index (χ3v) is 5.81. The number of thiazole rings is 1. The van der Waals surface area contributed by atoms with Crippen molar-refractivity contribution < 1.29 is 5.11 Å². The Morgan fingerprint density at radius 2 is 2.20 bits per heavy atom. The Kier molecular flexibility index (Phi) is 4.27. The maximum Gasteiger partial charge on any atom is 0.185 e. The third-order valence-electron chi connectivity index (χ3n) is 4.68. The molecule has 7 heteroatoms. The molecule has 1 fully saturated rings. The zero-order valence-corrected chi connectivity index (χ0v) is 14.9. The SMILES string of the molecule is Cn1cc(-c2ccc3c(N)ncnc3c2)sc1=NC1CCCC(O)C1. The first-order valence-electron chi connectivity index (χ1n) is 8.49. The van der Waals surface area contributed by atoms with E-state index in [4.69, 9.17) is 10.7 Å². The van der Waals surface area contributed by atoms with E-state index in [1.54, 1.807) is 11.3 Å². The number of hydrogen-bond donors (Lipinski definition) is 2. The van der Waals surface area contributed by atoms with E-state index in [9.17, 15) is 5.11 Å². The van der Waals surface area contributed by atoms with Crippen LogP contribution in [0.4, 0.5) is 5.82 Å². The molecule has 2 unspecified atom stereocenters. The first kappa shape index (κ1) is 16.2. The summed E-state index contributed by atoms with van der Waals surface area (Å²) >= 11 is 1.66. The number of nitrogens with zero attached hydrogens (tertiary/aromatic N) is 4. The van der Waals surface area contributed by atoms with Gasteiger partial charge >= 0.3 is 0 Å². The Bertz CT molecular complexity index is 977. The van der Waals surface area contributed by atoms with Gasteiger partial charge < -0.3 is 15.4 Å². The van der Waals surface area contributed by atoms with Crippen molar-refractivity contribution in [2.75, 3.05) is 5.73 Å². The lowest BCUT2D eigenvalue weighted by Gasteiger charge is -2.22. The highest BCUT2D eigenvalue weighted by Gasteiger charge is 2.19. The molecule has 3 N–H and O–H groups in total. The molecule has 4 rings (SSSR count). The van der Waals surface area contributed by atoms with E-state index < -0.39 is 0 Å². The van der Waals surface area contributed by atoms with Gasteiger partial charge in [0.25, 0.3) is 0 Å². The number of nitrogen functional groups attached to an aromatic ring is 1. The van der Waals surface area contributed by atoms with Crippen molar-refractivity contribution in [1.29, 1.82) is 0 Å². The molecule has 0 spiro atoms. The number of aliphatic hydroxyl groups excluding tert-OH is 1. The standard InChI is InChI=1S/C18H21N5OS/c1-23-9-16(25-18(23)22-12-3-2-4-13(24)8-12)11-5-6-14-15(7-11)20-10-21-17(14)19/h5-7,9-10,12-13,24H,2-4,8H2,1H3,(H2,19,20,21). The van der Waals surface area contributed by atoms with E-state index in [-0.39, 0.29) is 12.1 Å². The van der Waals surface area contributed by atoms with E-state index in [0.717, 1.165) is 51.8 Å². The van der Waals surface area contributed by atoms with Crippen LogP contribution in [0, 0.1) is 0 Å². The molecule has 130 valence electrons. The van der Waals surface area contributed by atoms with Crippen molar-refractivity contribution in [2.45, 2.75) is 37.8 Å². The largest absolute Gasteiger partial charge is 0.393 e. The normalized spacial score (nSPS) is 21.8. The number of aryl methyl sites for hydroxylation is 1. The number of hydrogen-bond acceptors (Lipinski definition) is 6. The van der Waals surface area contributed by atoms with Gasteiger partial charge in [-0.2, -0.15) is 0 Å². The van der Waals surface area contributed by atoms with Crippen molar-refractivity contribution >= 4 is 28.1 Å². The fourth-order valence-electron chi connectivity index (χ4n) is 3.32. The first-order valence-corrected chi connectivity index (χ1v) is 9.31. The molecule has 0 saturated heterocycles. The van der Waals surface area contributed by atoms with E-state index in [2.05, 4.69) is 20.7 Å². The van der Waals surface area contributed by atoms with Crippen LogP contribution in [0.3, 0.4) is 0 Å². The van der Waals surface area contributed by atoms with Crippen molar-refractivity contribution in [3.05, 3.63) is 35.5 Å². The fraction of sp³-hybridized carbons (Fsp3) is 0.389. The second kappa shape index (κ2) is 6.57. The molecule has 2 aromatic heterocycles. The summed E-state index contributed by atoms with van der Waals surface area (Å²) in [5.74, 6) is 0.500. The number of nitrogens with two attached hydrogens (primary N) is 1. The molecule has 0 aliphatic heterocycles. The molecule has 1 saturated carbocycles. The molecule has 3 aromatic rings. The van der Waals surface area contributed by atoms with Gasteiger partial charge in [0.15, 0.2) is 4.80 Å². The quantitative estimate of drug-likeness (QED) is 0.739.